The molecule has 0 aliphatic carbocycles. The van der Waals surface area contributed by atoms with E-state index in [-0.39, 0.29) is 12.7 Å². The number of rotatable bonds is 2. The maximum absolute atomic E-state index is 12.4. The minimum atomic E-state index is -0.363. The van der Waals surface area contributed by atoms with Crippen molar-refractivity contribution >= 4 is 29.1 Å². The van der Waals surface area contributed by atoms with Crippen LogP contribution in [0.25, 0.3) is 5.65 Å². The summed E-state index contributed by atoms with van der Waals surface area (Å²) in [7, 11) is 0. The Morgan fingerprint density at radius 2 is 2.18 bits per heavy atom. The summed E-state index contributed by atoms with van der Waals surface area (Å²) in [5.41, 5.74) is 0.989. The van der Waals surface area contributed by atoms with Crippen LogP contribution in [0.5, 0.6) is 11.5 Å². The smallest absolute Gasteiger partial charge is 0.258 e. The van der Waals surface area contributed by atoms with Crippen LogP contribution in [0.2, 0.25) is 5.02 Å². The van der Waals surface area contributed by atoms with Crippen molar-refractivity contribution in [3.63, 3.8) is 0 Å². The predicted octanol–water partition coefficient (Wildman–Crippen LogP) is 2.36. The first-order valence-corrected chi connectivity index (χ1v) is 6.80. The number of aromatic nitrogens is 3. The Balaban J connectivity index is 1.66. The average Bonchev–Trinajstić information content (AvgIpc) is 3.15. The Hall–Kier alpha value is -2.80. The molecule has 1 N–H and O–H groups in total. The monoisotopic (exact) mass is 316 g/mol. The molecule has 7 nitrogen and oxygen atoms in total. The molecule has 0 unspecified atom stereocenters. The molecule has 0 saturated carbocycles. The molecular weight excluding hydrogens is 308 g/mol. The van der Waals surface area contributed by atoms with Crippen molar-refractivity contribution in [2.24, 2.45) is 0 Å². The number of nitrogens with zero attached hydrogens (tertiary/aromatic N) is 3. The average molecular weight is 317 g/mol. The molecule has 8 heteroatoms. The van der Waals surface area contributed by atoms with E-state index in [2.05, 4.69) is 15.5 Å². The maximum atomic E-state index is 12.4. The number of pyridine rings is 1. The zero-order valence-corrected chi connectivity index (χ0v) is 11.9. The van der Waals surface area contributed by atoms with E-state index in [4.69, 9.17) is 21.1 Å². The Kier molecular flexibility index (Phi) is 2.87. The van der Waals surface area contributed by atoms with Gasteiger partial charge in [-0.1, -0.05) is 17.7 Å². The molecule has 4 rings (SSSR count). The van der Waals surface area contributed by atoms with Gasteiger partial charge in [0.25, 0.3) is 5.91 Å². The molecular formula is C14H9ClN4O3. The Labute approximate surface area is 129 Å². The molecule has 0 saturated heterocycles. The van der Waals surface area contributed by atoms with Crippen molar-refractivity contribution in [1.82, 2.24) is 14.6 Å². The zero-order valence-electron chi connectivity index (χ0n) is 11.1. The van der Waals surface area contributed by atoms with Crippen molar-refractivity contribution in [2.75, 3.05) is 12.1 Å². The van der Waals surface area contributed by atoms with Gasteiger partial charge in [-0.05, 0) is 24.3 Å². The van der Waals surface area contributed by atoms with Gasteiger partial charge in [-0.2, -0.15) is 0 Å². The number of carbonyl (C=O) groups is 1. The summed E-state index contributed by atoms with van der Waals surface area (Å²) in [6.45, 7) is 0.0922. The standard InChI is InChI=1S/C14H9ClN4O3/c15-9-5-8(6-10-12(9)22-7-21-10)13(20)16-14-18-17-11-3-1-2-4-19(11)14/h1-6H,7H2,(H,16,18,20). The summed E-state index contributed by atoms with van der Waals surface area (Å²) in [4.78, 5) is 12.4. The number of fused-ring (bicyclic) bond motifs is 2. The van der Waals surface area contributed by atoms with Crippen LogP contribution >= 0.6 is 11.6 Å². The van der Waals surface area contributed by atoms with Gasteiger partial charge in [0.2, 0.25) is 12.7 Å². The van der Waals surface area contributed by atoms with Crippen molar-refractivity contribution in [2.45, 2.75) is 0 Å². The van der Waals surface area contributed by atoms with Gasteiger partial charge >= 0.3 is 0 Å². The second-order valence-electron chi connectivity index (χ2n) is 4.60. The van der Waals surface area contributed by atoms with E-state index in [0.29, 0.717) is 33.7 Å². The highest BCUT2D eigenvalue weighted by atomic mass is 35.5. The van der Waals surface area contributed by atoms with Crippen LogP contribution in [0, 0.1) is 0 Å². The van der Waals surface area contributed by atoms with E-state index in [9.17, 15) is 4.79 Å². The first kappa shape index (κ1) is 12.9. The number of hydrogen-bond donors (Lipinski definition) is 1. The molecule has 0 radical (unpaired) electrons. The van der Waals surface area contributed by atoms with E-state index in [1.807, 2.05) is 12.1 Å². The van der Waals surface area contributed by atoms with Crippen LogP contribution < -0.4 is 14.8 Å². The third-order valence-corrected chi connectivity index (χ3v) is 3.51. The number of ether oxygens (including phenoxy) is 2. The molecule has 0 atom stereocenters. The molecule has 1 aromatic carbocycles. The number of benzene rings is 1. The minimum absolute atomic E-state index is 0.0922. The largest absolute Gasteiger partial charge is 0.454 e. The molecule has 1 aliphatic heterocycles. The van der Waals surface area contributed by atoms with E-state index in [0.717, 1.165) is 0 Å². The second kappa shape index (κ2) is 4.88. The predicted molar refractivity (Wildman–Crippen MR) is 78.5 cm³/mol. The van der Waals surface area contributed by atoms with E-state index in [1.165, 1.54) is 6.07 Å². The lowest BCUT2D eigenvalue weighted by atomic mass is 10.2. The summed E-state index contributed by atoms with van der Waals surface area (Å²) in [6, 6.07) is 8.55. The van der Waals surface area contributed by atoms with Crippen molar-refractivity contribution in [3.8, 4) is 11.5 Å². The van der Waals surface area contributed by atoms with Crippen LogP contribution in [0.15, 0.2) is 36.5 Å². The first-order chi connectivity index (χ1) is 10.7. The summed E-state index contributed by atoms with van der Waals surface area (Å²) in [5.74, 6) is 0.864. The van der Waals surface area contributed by atoms with Crippen LogP contribution in [0.4, 0.5) is 5.95 Å². The fraction of sp³-hybridized carbons (Fsp3) is 0.0714. The molecule has 1 amide bonds. The quantitative estimate of drug-likeness (QED) is 0.785. The van der Waals surface area contributed by atoms with Gasteiger partial charge in [-0.15, -0.1) is 10.2 Å². The van der Waals surface area contributed by atoms with Gasteiger partial charge in [0.15, 0.2) is 17.1 Å². The molecule has 3 aromatic rings. The fourth-order valence-corrected chi connectivity index (χ4v) is 2.46. The minimum Gasteiger partial charge on any atom is -0.454 e. The molecule has 2 aromatic heterocycles. The zero-order chi connectivity index (χ0) is 15.1. The van der Waals surface area contributed by atoms with Gasteiger partial charge in [-0.3, -0.25) is 14.5 Å². The highest BCUT2D eigenvalue weighted by Gasteiger charge is 2.21. The fourth-order valence-electron chi connectivity index (χ4n) is 2.20. The second-order valence-corrected chi connectivity index (χ2v) is 5.01. The van der Waals surface area contributed by atoms with Crippen LogP contribution in [0.3, 0.4) is 0 Å². The van der Waals surface area contributed by atoms with Gasteiger partial charge in [0.05, 0.1) is 5.02 Å². The van der Waals surface area contributed by atoms with Gasteiger partial charge in [0, 0.05) is 11.8 Å². The van der Waals surface area contributed by atoms with Crippen LogP contribution in [-0.4, -0.2) is 27.3 Å². The summed E-state index contributed by atoms with van der Waals surface area (Å²) >= 11 is 6.08. The lowest BCUT2D eigenvalue weighted by Gasteiger charge is -2.05. The summed E-state index contributed by atoms with van der Waals surface area (Å²) in [5, 5.41) is 10.9. The number of nitrogens with one attached hydrogen (secondary N) is 1. The van der Waals surface area contributed by atoms with Gasteiger partial charge in [-0.25, -0.2) is 0 Å². The molecule has 0 bridgehead atoms. The number of amides is 1. The van der Waals surface area contributed by atoms with Gasteiger partial charge in [0.1, 0.15) is 0 Å². The molecule has 0 spiro atoms. The SMILES string of the molecule is O=C(Nc1nnc2ccccn12)c1cc(Cl)c2c(c1)OCO2. The summed E-state index contributed by atoms with van der Waals surface area (Å²) < 4.78 is 12.1. The van der Waals surface area contributed by atoms with E-state index < -0.39 is 0 Å². The lowest BCUT2D eigenvalue weighted by molar-refractivity contribution is 0.102. The third-order valence-electron chi connectivity index (χ3n) is 3.23. The van der Waals surface area contributed by atoms with Crippen LogP contribution in [-0.2, 0) is 0 Å². The van der Waals surface area contributed by atoms with Crippen LogP contribution in [0.1, 0.15) is 10.4 Å². The lowest BCUT2D eigenvalue weighted by Crippen LogP contribution is -2.14. The molecule has 3 heterocycles. The van der Waals surface area contributed by atoms with E-state index in [1.54, 1.807) is 22.7 Å². The number of carbonyl (C=O) groups excluding carboxylic acids is 1. The normalized spacial score (nSPS) is 12.6. The topological polar surface area (TPSA) is 77.8 Å². The number of hydrogen-bond acceptors (Lipinski definition) is 5. The van der Waals surface area contributed by atoms with E-state index >= 15 is 0 Å². The Bertz CT molecular complexity index is 893. The molecule has 110 valence electrons. The number of halogens is 1. The number of anilines is 1. The van der Waals surface area contributed by atoms with Gasteiger partial charge < -0.3 is 9.47 Å². The highest BCUT2D eigenvalue weighted by molar-refractivity contribution is 6.32. The maximum Gasteiger partial charge on any atom is 0.258 e. The highest BCUT2D eigenvalue weighted by Crippen LogP contribution is 2.39. The Morgan fingerprint density at radius 1 is 1.27 bits per heavy atom. The van der Waals surface area contributed by atoms with Crippen molar-refractivity contribution in [3.05, 3.63) is 47.1 Å². The third kappa shape index (κ3) is 2.03. The molecule has 1 aliphatic rings. The van der Waals surface area contributed by atoms with Crippen molar-refractivity contribution in [1.29, 1.82) is 0 Å². The summed E-state index contributed by atoms with van der Waals surface area (Å²) in [6.07, 6.45) is 1.76. The molecule has 0 fully saturated rings. The molecule has 22 heavy (non-hydrogen) atoms. The van der Waals surface area contributed by atoms with Crippen molar-refractivity contribution < 1.29 is 14.3 Å². The first-order valence-electron chi connectivity index (χ1n) is 6.42. The Morgan fingerprint density at radius 3 is 3.09 bits per heavy atom.